The molecule has 38 heavy (non-hydrogen) atoms. The third-order valence-corrected chi connectivity index (χ3v) is 6.21. The van der Waals surface area contributed by atoms with Crippen LogP contribution >= 0.6 is 0 Å². The summed E-state index contributed by atoms with van der Waals surface area (Å²) in [6.45, 7) is 0.999. The van der Waals surface area contributed by atoms with Crippen molar-refractivity contribution >= 4 is 24.1 Å². The number of nitrogens with one attached hydrogen (secondary N) is 2. The second kappa shape index (κ2) is 15.2. The molecule has 1 heterocycles. The first kappa shape index (κ1) is 28.5. The quantitative estimate of drug-likeness (QED) is 0.247. The Morgan fingerprint density at radius 1 is 0.895 bits per heavy atom. The number of hydrogen-bond donors (Lipinski definition) is 2. The highest BCUT2D eigenvalue weighted by Gasteiger charge is 2.38. The average molecular weight is 526 g/mol. The Balaban J connectivity index is 1.49. The molecule has 0 aliphatic carbocycles. The third kappa shape index (κ3) is 9.10. The summed E-state index contributed by atoms with van der Waals surface area (Å²) in [7, 11) is 1.29. The summed E-state index contributed by atoms with van der Waals surface area (Å²) in [4.78, 5) is 51.4. The van der Waals surface area contributed by atoms with Gasteiger partial charge in [-0.25, -0.2) is 14.4 Å². The molecule has 1 fully saturated rings. The number of hydrogen-bond acceptors (Lipinski definition) is 7. The van der Waals surface area contributed by atoms with Crippen LogP contribution < -0.4 is 10.6 Å². The smallest absolute Gasteiger partial charge is 0.408 e. The molecule has 0 saturated carbocycles. The van der Waals surface area contributed by atoms with Crippen molar-refractivity contribution in [2.75, 3.05) is 20.2 Å². The molecule has 0 bridgehead atoms. The molecule has 2 aromatic rings. The Morgan fingerprint density at radius 2 is 1.50 bits per heavy atom. The lowest BCUT2D eigenvalue weighted by atomic mass is 10.1. The van der Waals surface area contributed by atoms with Gasteiger partial charge in [-0.05, 0) is 43.2 Å². The molecule has 1 saturated heterocycles. The summed E-state index contributed by atoms with van der Waals surface area (Å²) < 4.78 is 15.3. The number of rotatable bonds is 12. The molecule has 0 aromatic heterocycles. The van der Waals surface area contributed by atoms with Gasteiger partial charge in [0.05, 0.1) is 7.11 Å². The van der Waals surface area contributed by atoms with E-state index >= 15 is 0 Å². The lowest BCUT2D eigenvalue weighted by Crippen LogP contribution is -2.52. The molecule has 1 aliphatic rings. The monoisotopic (exact) mass is 525 g/mol. The molecule has 0 radical (unpaired) electrons. The fourth-order valence-corrected chi connectivity index (χ4v) is 4.21. The number of likely N-dealkylation sites (tertiary alicyclic amines) is 1. The Kier molecular flexibility index (Phi) is 11.4. The van der Waals surface area contributed by atoms with Gasteiger partial charge in [0.25, 0.3) is 0 Å². The lowest BCUT2D eigenvalue weighted by Gasteiger charge is -2.27. The van der Waals surface area contributed by atoms with Gasteiger partial charge in [0, 0.05) is 13.1 Å². The number of carbonyl (C=O) groups is 4. The minimum atomic E-state index is -0.881. The van der Waals surface area contributed by atoms with Crippen LogP contribution in [0.15, 0.2) is 60.7 Å². The molecule has 2 unspecified atom stereocenters. The van der Waals surface area contributed by atoms with E-state index in [-0.39, 0.29) is 19.1 Å². The fraction of sp³-hybridized carbons (Fsp3) is 0.429. The van der Waals surface area contributed by atoms with Gasteiger partial charge in [-0.1, -0.05) is 60.7 Å². The van der Waals surface area contributed by atoms with Crippen LogP contribution in [0.25, 0.3) is 0 Å². The SMILES string of the molecule is COC(=O)C1CCCN1C(=O)C(CCCCNC(=O)OCc1ccccc1)NC(=O)OCc1ccccc1. The summed E-state index contributed by atoms with van der Waals surface area (Å²) in [5, 5.41) is 5.35. The van der Waals surface area contributed by atoms with Crippen LogP contribution in [0.4, 0.5) is 9.59 Å². The van der Waals surface area contributed by atoms with Gasteiger partial charge < -0.3 is 29.7 Å². The van der Waals surface area contributed by atoms with Crippen molar-refractivity contribution in [3.63, 3.8) is 0 Å². The number of alkyl carbamates (subject to hydrolysis) is 2. The van der Waals surface area contributed by atoms with E-state index in [4.69, 9.17) is 14.2 Å². The second-order valence-corrected chi connectivity index (χ2v) is 8.96. The molecule has 3 amide bonds. The zero-order valence-corrected chi connectivity index (χ0v) is 21.6. The summed E-state index contributed by atoms with van der Waals surface area (Å²) in [5.41, 5.74) is 1.71. The highest BCUT2D eigenvalue weighted by Crippen LogP contribution is 2.21. The topological polar surface area (TPSA) is 123 Å². The number of methoxy groups -OCH3 is 1. The number of ether oxygens (including phenoxy) is 3. The van der Waals surface area contributed by atoms with Gasteiger partial charge in [-0.2, -0.15) is 0 Å². The van der Waals surface area contributed by atoms with Crippen molar-refractivity contribution in [1.82, 2.24) is 15.5 Å². The number of unbranched alkanes of at least 4 members (excludes halogenated alkanes) is 1. The van der Waals surface area contributed by atoms with Gasteiger partial charge in [-0.3, -0.25) is 4.79 Å². The van der Waals surface area contributed by atoms with E-state index in [9.17, 15) is 19.2 Å². The standard InChI is InChI=1S/C28H35N3O7/c1-36-26(33)24-16-10-18-31(24)25(32)23(30-28(35)38-20-22-13-6-3-7-14-22)15-8-9-17-29-27(34)37-19-21-11-4-2-5-12-21/h2-7,11-14,23-24H,8-10,15-20H2,1H3,(H,29,34)(H,30,35). The average Bonchev–Trinajstić information content (AvgIpc) is 3.44. The van der Waals surface area contributed by atoms with Crippen LogP contribution in [0.5, 0.6) is 0 Å². The normalized spacial score (nSPS) is 15.3. The van der Waals surface area contributed by atoms with Gasteiger partial charge in [0.1, 0.15) is 25.3 Å². The van der Waals surface area contributed by atoms with Crippen LogP contribution in [0.1, 0.15) is 43.2 Å². The van der Waals surface area contributed by atoms with Crippen molar-refractivity contribution in [1.29, 1.82) is 0 Å². The molecule has 0 spiro atoms. The fourth-order valence-electron chi connectivity index (χ4n) is 4.21. The minimum Gasteiger partial charge on any atom is -0.467 e. The molecule has 3 rings (SSSR count). The first-order chi connectivity index (χ1) is 18.5. The van der Waals surface area contributed by atoms with Gasteiger partial charge >= 0.3 is 18.2 Å². The Bertz CT molecular complexity index is 1050. The summed E-state index contributed by atoms with van der Waals surface area (Å²) in [5.74, 6) is -0.829. The van der Waals surface area contributed by atoms with Crippen molar-refractivity contribution in [2.45, 2.75) is 57.4 Å². The third-order valence-electron chi connectivity index (χ3n) is 6.21. The van der Waals surface area contributed by atoms with Crippen LogP contribution in [0.3, 0.4) is 0 Å². The van der Waals surface area contributed by atoms with E-state index in [2.05, 4.69) is 10.6 Å². The highest BCUT2D eigenvalue weighted by molar-refractivity contribution is 5.90. The number of esters is 1. The zero-order valence-electron chi connectivity index (χ0n) is 21.6. The van der Waals surface area contributed by atoms with Gasteiger partial charge in [-0.15, -0.1) is 0 Å². The van der Waals surface area contributed by atoms with E-state index in [1.165, 1.54) is 12.0 Å². The predicted octanol–water partition coefficient (Wildman–Crippen LogP) is 3.54. The maximum atomic E-state index is 13.3. The number of carbonyl (C=O) groups excluding carboxylic acids is 4. The number of benzene rings is 2. The maximum Gasteiger partial charge on any atom is 0.408 e. The van der Waals surface area contributed by atoms with Crippen LogP contribution in [0, 0.1) is 0 Å². The van der Waals surface area contributed by atoms with Crippen molar-refractivity contribution in [3.05, 3.63) is 71.8 Å². The molecule has 10 heteroatoms. The first-order valence-corrected chi connectivity index (χ1v) is 12.8. The summed E-state index contributed by atoms with van der Waals surface area (Å²) in [6, 6.07) is 17.0. The predicted molar refractivity (Wildman–Crippen MR) is 139 cm³/mol. The van der Waals surface area contributed by atoms with E-state index in [0.29, 0.717) is 45.2 Å². The zero-order chi connectivity index (χ0) is 27.2. The van der Waals surface area contributed by atoms with Crippen molar-refractivity contribution in [2.24, 2.45) is 0 Å². The van der Waals surface area contributed by atoms with Crippen molar-refractivity contribution < 1.29 is 33.4 Å². The Morgan fingerprint density at radius 3 is 2.11 bits per heavy atom. The number of amides is 3. The summed E-state index contributed by atoms with van der Waals surface area (Å²) >= 11 is 0. The van der Waals surface area contributed by atoms with Crippen LogP contribution in [-0.2, 0) is 37.0 Å². The van der Waals surface area contributed by atoms with Gasteiger partial charge in [0.2, 0.25) is 5.91 Å². The summed E-state index contributed by atoms with van der Waals surface area (Å²) in [6.07, 6.45) is 1.34. The molecule has 1 aliphatic heterocycles. The van der Waals surface area contributed by atoms with E-state index < -0.39 is 30.2 Å². The Hall–Kier alpha value is -4.08. The molecule has 2 N–H and O–H groups in total. The lowest BCUT2D eigenvalue weighted by molar-refractivity contribution is -0.151. The molecular weight excluding hydrogens is 490 g/mol. The number of nitrogens with zero attached hydrogens (tertiary/aromatic N) is 1. The highest BCUT2D eigenvalue weighted by atomic mass is 16.6. The van der Waals surface area contributed by atoms with E-state index in [1.807, 2.05) is 60.7 Å². The maximum absolute atomic E-state index is 13.3. The molecule has 204 valence electrons. The molecule has 2 aromatic carbocycles. The molecular formula is C28H35N3O7. The van der Waals surface area contributed by atoms with E-state index in [1.54, 1.807) is 0 Å². The molecule has 10 nitrogen and oxygen atoms in total. The Labute approximate surface area is 222 Å². The van der Waals surface area contributed by atoms with Gasteiger partial charge in [0.15, 0.2) is 0 Å². The molecule has 2 atom stereocenters. The minimum absolute atomic E-state index is 0.0666. The van der Waals surface area contributed by atoms with Crippen LogP contribution in [-0.4, -0.2) is 61.2 Å². The van der Waals surface area contributed by atoms with Crippen molar-refractivity contribution in [3.8, 4) is 0 Å². The van der Waals surface area contributed by atoms with Crippen LogP contribution in [0.2, 0.25) is 0 Å². The van der Waals surface area contributed by atoms with E-state index in [0.717, 1.165) is 11.1 Å². The largest absolute Gasteiger partial charge is 0.467 e. The first-order valence-electron chi connectivity index (χ1n) is 12.8. The second-order valence-electron chi connectivity index (χ2n) is 8.96.